The molecular formula is C16H24O5. The van der Waals surface area contributed by atoms with Gasteiger partial charge in [0.25, 0.3) is 0 Å². The van der Waals surface area contributed by atoms with Crippen molar-refractivity contribution >= 4 is 5.97 Å². The maximum atomic E-state index is 11.2. The predicted octanol–water partition coefficient (Wildman–Crippen LogP) is 1.34. The van der Waals surface area contributed by atoms with E-state index in [-0.39, 0.29) is 0 Å². The number of hydrogen-bond donors (Lipinski definition) is 2. The van der Waals surface area contributed by atoms with Crippen LogP contribution in [0, 0.1) is 5.41 Å². The fourth-order valence-electron chi connectivity index (χ4n) is 3.57. The maximum absolute atomic E-state index is 11.2. The summed E-state index contributed by atoms with van der Waals surface area (Å²) in [6.07, 6.45) is 5.18. The molecule has 5 nitrogen and oxygen atoms in total. The van der Waals surface area contributed by atoms with Crippen molar-refractivity contribution < 1.29 is 24.5 Å². The lowest BCUT2D eigenvalue weighted by Gasteiger charge is -2.49. The molecule has 5 heteroatoms. The van der Waals surface area contributed by atoms with Gasteiger partial charge in [-0.2, -0.15) is 0 Å². The lowest BCUT2D eigenvalue weighted by atomic mass is 9.59. The number of allylic oxidation sites excluding steroid dienone is 2. The summed E-state index contributed by atoms with van der Waals surface area (Å²) < 4.78 is 10.4. The minimum Gasteiger partial charge on any atom is -0.466 e. The van der Waals surface area contributed by atoms with Crippen molar-refractivity contribution in [2.75, 3.05) is 13.7 Å². The molecule has 4 unspecified atom stereocenters. The second-order valence-electron chi connectivity index (χ2n) is 6.65. The van der Waals surface area contributed by atoms with E-state index in [1.807, 2.05) is 13.8 Å². The molecule has 2 aliphatic rings. The summed E-state index contributed by atoms with van der Waals surface area (Å²) in [5.41, 5.74) is -1.85. The summed E-state index contributed by atoms with van der Waals surface area (Å²) in [6, 6.07) is 0. The van der Waals surface area contributed by atoms with E-state index in [0.29, 0.717) is 25.0 Å². The van der Waals surface area contributed by atoms with Crippen LogP contribution in [0.3, 0.4) is 0 Å². The van der Waals surface area contributed by atoms with Gasteiger partial charge >= 0.3 is 5.97 Å². The first kappa shape index (κ1) is 16.2. The summed E-state index contributed by atoms with van der Waals surface area (Å²) >= 11 is 0. The molecule has 0 aromatic carbocycles. The zero-order valence-corrected chi connectivity index (χ0v) is 13.0. The lowest BCUT2D eigenvalue weighted by Crippen LogP contribution is -2.60. The highest BCUT2D eigenvalue weighted by atomic mass is 16.5. The number of hydrogen-bond acceptors (Lipinski definition) is 5. The van der Waals surface area contributed by atoms with Gasteiger partial charge in [0, 0.05) is 17.9 Å². The molecule has 1 aliphatic carbocycles. The topological polar surface area (TPSA) is 76.0 Å². The molecule has 1 saturated heterocycles. The number of rotatable bonds is 3. The van der Waals surface area contributed by atoms with Crippen LogP contribution in [0.15, 0.2) is 23.8 Å². The molecule has 118 valence electrons. The molecule has 4 atom stereocenters. The standard InChI is InChI=1S/C16H24O5/c1-11(7-13(18)20-4)5-6-16(19)14(2)8-12(17)9-15(16,3)21-10-14/h5-7,12,17,19H,8-10H2,1-4H3/b6-5+,11-7+. The van der Waals surface area contributed by atoms with E-state index < -0.39 is 28.7 Å². The fraction of sp³-hybridized carbons (Fsp3) is 0.688. The maximum Gasteiger partial charge on any atom is 0.330 e. The smallest absolute Gasteiger partial charge is 0.330 e. The molecule has 21 heavy (non-hydrogen) atoms. The number of carbonyl (C=O) groups is 1. The number of aliphatic hydroxyl groups is 2. The van der Waals surface area contributed by atoms with Crippen LogP contribution in [0.5, 0.6) is 0 Å². The van der Waals surface area contributed by atoms with Crippen LogP contribution in [-0.4, -0.2) is 47.2 Å². The molecule has 1 saturated carbocycles. The van der Waals surface area contributed by atoms with Crippen molar-refractivity contribution in [1.29, 1.82) is 0 Å². The molecule has 0 amide bonds. The Morgan fingerprint density at radius 2 is 2.05 bits per heavy atom. The first-order chi connectivity index (χ1) is 9.66. The summed E-state index contributed by atoms with van der Waals surface area (Å²) in [5, 5.41) is 21.2. The van der Waals surface area contributed by atoms with Crippen LogP contribution in [0.4, 0.5) is 0 Å². The Balaban J connectivity index is 2.30. The fourth-order valence-corrected chi connectivity index (χ4v) is 3.57. The number of methoxy groups -OCH3 is 1. The number of esters is 1. The van der Waals surface area contributed by atoms with Crippen LogP contribution in [0.2, 0.25) is 0 Å². The highest BCUT2D eigenvalue weighted by molar-refractivity contribution is 5.83. The van der Waals surface area contributed by atoms with Gasteiger partial charge in [-0.15, -0.1) is 0 Å². The molecule has 0 spiro atoms. The average molecular weight is 296 g/mol. The monoisotopic (exact) mass is 296 g/mol. The number of fused-ring (bicyclic) bond motifs is 2. The quantitative estimate of drug-likeness (QED) is 0.467. The minimum atomic E-state index is -1.18. The minimum absolute atomic E-state index is 0.392. The van der Waals surface area contributed by atoms with E-state index in [1.165, 1.54) is 13.2 Å². The van der Waals surface area contributed by atoms with Gasteiger partial charge in [0.2, 0.25) is 0 Å². The third-order valence-electron chi connectivity index (χ3n) is 4.88. The van der Waals surface area contributed by atoms with Gasteiger partial charge in [-0.3, -0.25) is 0 Å². The van der Waals surface area contributed by atoms with Crippen molar-refractivity contribution in [3.05, 3.63) is 23.8 Å². The Hall–Kier alpha value is -1.17. The van der Waals surface area contributed by atoms with Gasteiger partial charge < -0.3 is 19.7 Å². The van der Waals surface area contributed by atoms with Gasteiger partial charge in [-0.1, -0.05) is 13.0 Å². The molecule has 0 aromatic heterocycles. The van der Waals surface area contributed by atoms with Crippen LogP contribution in [0.25, 0.3) is 0 Å². The van der Waals surface area contributed by atoms with Gasteiger partial charge in [-0.25, -0.2) is 4.79 Å². The number of aliphatic hydroxyl groups excluding tert-OH is 1. The molecule has 2 rings (SSSR count). The van der Waals surface area contributed by atoms with Crippen molar-refractivity contribution in [3.8, 4) is 0 Å². The zero-order valence-electron chi connectivity index (χ0n) is 13.0. The lowest BCUT2D eigenvalue weighted by molar-refractivity contribution is -0.150. The van der Waals surface area contributed by atoms with Crippen LogP contribution in [0.1, 0.15) is 33.6 Å². The molecule has 0 radical (unpaired) electrons. The molecule has 0 aromatic rings. The first-order valence-corrected chi connectivity index (χ1v) is 7.16. The first-order valence-electron chi connectivity index (χ1n) is 7.16. The van der Waals surface area contributed by atoms with Crippen molar-refractivity contribution in [1.82, 2.24) is 0 Å². The second kappa shape index (κ2) is 5.23. The Labute approximate surface area is 125 Å². The summed E-state index contributed by atoms with van der Waals surface area (Å²) in [5.74, 6) is -0.431. The summed E-state index contributed by atoms with van der Waals surface area (Å²) in [4.78, 5) is 11.2. The molecule has 2 bridgehead atoms. The average Bonchev–Trinajstić information content (AvgIpc) is 2.51. The van der Waals surface area contributed by atoms with E-state index in [0.717, 1.165) is 0 Å². The number of ether oxygens (including phenoxy) is 2. The van der Waals surface area contributed by atoms with Gasteiger partial charge in [0.15, 0.2) is 0 Å². The van der Waals surface area contributed by atoms with Crippen LogP contribution < -0.4 is 0 Å². The molecule has 1 aliphatic heterocycles. The van der Waals surface area contributed by atoms with Crippen LogP contribution >= 0.6 is 0 Å². The van der Waals surface area contributed by atoms with E-state index in [1.54, 1.807) is 19.1 Å². The third kappa shape index (κ3) is 2.54. The number of carbonyl (C=O) groups excluding carboxylic acids is 1. The van der Waals surface area contributed by atoms with Gasteiger partial charge in [-0.05, 0) is 31.9 Å². The van der Waals surface area contributed by atoms with E-state index >= 15 is 0 Å². The van der Waals surface area contributed by atoms with E-state index in [2.05, 4.69) is 4.74 Å². The zero-order chi connectivity index (χ0) is 15.9. The highest BCUT2D eigenvalue weighted by Gasteiger charge is 2.67. The van der Waals surface area contributed by atoms with Crippen molar-refractivity contribution in [3.63, 3.8) is 0 Å². The SMILES string of the molecule is COC(=O)/C=C(C)/C=C/C1(O)C2(C)COC1(C)CC(O)C2. The largest absolute Gasteiger partial charge is 0.466 e. The Morgan fingerprint density at radius 3 is 2.62 bits per heavy atom. The highest BCUT2D eigenvalue weighted by Crippen LogP contribution is 2.57. The molecular weight excluding hydrogens is 272 g/mol. The summed E-state index contributed by atoms with van der Waals surface area (Å²) in [6.45, 7) is 5.91. The van der Waals surface area contributed by atoms with E-state index in [4.69, 9.17) is 4.74 Å². The van der Waals surface area contributed by atoms with Crippen LogP contribution in [-0.2, 0) is 14.3 Å². The van der Waals surface area contributed by atoms with E-state index in [9.17, 15) is 15.0 Å². The third-order valence-corrected chi connectivity index (χ3v) is 4.88. The Bertz CT molecular complexity index is 475. The second-order valence-corrected chi connectivity index (χ2v) is 6.65. The molecule has 2 fully saturated rings. The van der Waals surface area contributed by atoms with Gasteiger partial charge in [0.1, 0.15) is 11.2 Å². The predicted molar refractivity (Wildman–Crippen MR) is 77.6 cm³/mol. The van der Waals surface area contributed by atoms with Gasteiger partial charge in [0.05, 0.1) is 19.8 Å². The normalized spacial score (nSPS) is 43.3. The Morgan fingerprint density at radius 1 is 1.38 bits per heavy atom. The van der Waals surface area contributed by atoms with Crippen molar-refractivity contribution in [2.24, 2.45) is 5.41 Å². The van der Waals surface area contributed by atoms with Crippen molar-refractivity contribution in [2.45, 2.75) is 50.9 Å². The molecule has 2 N–H and O–H groups in total. The molecule has 1 heterocycles. The summed E-state index contributed by atoms with van der Waals surface area (Å²) in [7, 11) is 1.32. The Kier molecular flexibility index (Phi) is 4.04.